The van der Waals surface area contributed by atoms with Crippen LogP contribution in [0.1, 0.15) is 40.0 Å². The summed E-state index contributed by atoms with van der Waals surface area (Å²) in [7, 11) is 0. The second kappa shape index (κ2) is 8.71. The first-order valence-electron chi connectivity index (χ1n) is 8.92. The number of hydrogen-bond acceptors (Lipinski definition) is 3. The molecule has 1 aliphatic heterocycles. The summed E-state index contributed by atoms with van der Waals surface area (Å²) in [5.41, 5.74) is 0.830. The van der Waals surface area contributed by atoms with Gasteiger partial charge in [-0.25, -0.2) is 0 Å². The van der Waals surface area contributed by atoms with Crippen LogP contribution in [0.15, 0.2) is 24.3 Å². The lowest BCUT2D eigenvalue weighted by Gasteiger charge is -2.24. The van der Waals surface area contributed by atoms with Crippen LogP contribution in [-0.2, 0) is 9.59 Å². The molecule has 0 aromatic heterocycles. The number of carbonyl (C=O) groups is 2. The summed E-state index contributed by atoms with van der Waals surface area (Å²) in [6, 6.07) is 7.49. The largest absolute Gasteiger partial charge is 0.494 e. The van der Waals surface area contributed by atoms with E-state index in [2.05, 4.69) is 13.8 Å². The molecular formula is C19H28N2O3. The average molecular weight is 332 g/mol. The molecule has 1 aliphatic rings. The third-order valence-electron chi connectivity index (χ3n) is 4.23. The van der Waals surface area contributed by atoms with Gasteiger partial charge in [0, 0.05) is 31.7 Å². The number of ether oxygens (including phenoxy) is 1. The van der Waals surface area contributed by atoms with Gasteiger partial charge in [0.2, 0.25) is 11.8 Å². The van der Waals surface area contributed by atoms with Crippen LogP contribution < -0.4 is 9.64 Å². The highest BCUT2D eigenvalue weighted by Crippen LogP contribution is 2.28. The number of carbonyl (C=O) groups excluding carboxylic acids is 2. The molecule has 0 radical (unpaired) electrons. The van der Waals surface area contributed by atoms with Crippen LogP contribution in [0.2, 0.25) is 0 Å². The van der Waals surface area contributed by atoms with Crippen molar-refractivity contribution in [3.05, 3.63) is 24.3 Å². The highest BCUT2D eigenvalue weighted by Gasteiger charge is 2.36. The third-order valence-corrected chi connectivity index (χ3v) is 4.23. The highest BCUT2D eigenvalue weighted by molar-refractivity contribution is 6.00. The van der Waals surface area contributed by atoms with Gasteiger partial charge in [0.1, 0.15) is 5.75 Å². The Hall–Kier alpha value is -2.04. The monoisotopic (exact) mass is 332 g/mol. The molecule has 1 saturated heterocycles. The van der Waals surface area contributed by atoms with Crippen LogP contribution in [0.5, 0.6) is 5.75 Å². The van der Waals surface area contributed by atoms with Crippen molar-refractivity contribution in [2.75, 3.05) is 31.1 Å². The third kappa shape index (κ3) is 4.28. The van der Waals surface area contributed by atoms with Gasteiger partial charge in [0.25, 0.3) is 0 Å². The first kappa shape index (κ1) is 18.3. The Morgan fingerprint density at radius 2 is 1.79 bits per heavy atom. The number of hydrogen-bond donors (Lipinski definition) is 0. The molecule has 0 saturated carbocycles. The van der Waals surface area contributed by atoms with Gasteiger partial charge in [0.15, 0.2) is 0 Å². The average Bonchev–Trinajstić information content (AvgIpc) is 2.97. The molecule has 1 aromatic rings. The van der Waals surface area contributed by atoms with Crippen LogP contribution >= 0.6 is 0 Å². The van der Waals surface area contributed by atoms with E-state index in [9.17, 15) is 9.59 Å². The SMILES string of the molecule is CCCN(CCC)C(=O)[C@H]1CC(=O)N(c2ccc(OCC)cc2)C1. The Labute approximate surface area is 144 Å². The normalized spacial score (nSPS) is 17.2. The summed E-state index contributed by atoms with van der Waals surface area (Å²) >= 11 is 0. The second-order valence-corrected chi connectivity index (χ2v) is 6.16. The number of benzene rings is 1. The minimum atomic E-state index is -0.234. The van der Waals surface area contributed by atoms with E-state index in [4.69, 9.17) is 4.74 Å². The summed E-state index contributed by atoms with van der Waals surface area (Å²) < 4.78 is 5.43. The lowest BCUT2D eigenvalue weighted by Crippen LogP contribution is -2.38. The van der Waals surface area contributed by atoms with E-state index in [1.165, 1.54) is 0 Å². The predicted molar refractivity (Wildman–Crippen MR) is 95.2 cm³/mol. The van der Waals surface area contributed by atoms with E-state index < -0.39 is 0 Å². The second-order valence-electron chi connectivity index (χ2n) is 6.16. The maximum Gasteiger partial charge on any atom is 0.228 e. The van der Waals surface area contributed by atoms with Gasteiger partial charge in [-0.2, -0.15) is 0 Å². The van der Waals surface area contributed by atoms with E-state index in [1.807, 2.05) is 36.1 Å². The standard InChI is InChI=1S/C19H28N2O3/c1-4-11-20(12-5-2)19(23)15-13-18(22)21(14-15)16-7-9-17(10-8-16)24-6-3/h7-10,15H,4-6,11-14H2,1-3H3/t15-/m0/s1. The maximum atomic E-state index is 12.7. The van der Waals surface area contributed by atoms with Crippen molar-refractivity contribution in [1.82, 2.24) is 4.90 Å². The van der Waals surface area contributed by atoms with E-state index >= 15 is 0 Å². The van der Waals surface area contributed by atoms with Crippen LogP contribution in [-0.4, -0.2) is 43.0 Å². The number of anilines is 1. The molecule has 24 heavy (non-hydrogen) atoms. The van der Waals surface area contributed by atoms with Gasteiger partial charge in [0.05, 0.1) is 12.5 Å². The summed E-state index contributed by atoms with van der Waals surface area (Å²) in [5.74, 6) is 0.686. The van der Waals surface area contributed by atoms with Gasteiger partial charge in [-0.3, -0.25) is 9.59 Å². The van der Waals surface area contributed by atoms with E-state index in [1.54, 1.807) is 4.90 Å². The molecule has 0 aliphatic carbocycles. The minimum Gasteiger partial charge on any atom is -0.494 e. The summed E-state index contributed by atoms with van der Waals surface area (Å²) in [5, 5.41) is 0. The van der Waals surface area contributed by atoms with E-state index in [0.717, 1.165) is 37.4 Å². The molecule has 0 spiro atoms. The number of amides is 2. The Morgan fingerprint density at radius 1 is 1.17 bits per heavy atom. The van der Waals surface area contributed by atoms with Crippen LogP contribution in [0, 0.1) is 5.92 Å². The first-order valence-corrected chi connectivity index (χ1v) is 8.92. The van der Waals surface area contributed by atoms with Crippen molar-refractivity contribution >= 4 is 17.5 Å². The zero-order chi connectivity index (χ0) is 17.5. The van der Waals surface area contributed by atoms with Crippen molar-refractivity contribution < 1.29 is 14.3 Å². The van der Waals surface area contributed by atoms with Gasteiger partial charge in [-0.05, 0) is 44.0 Å². The molecule has 132 valence electrons. The zero-order valence-corrected chi connectivity index (χ0v) is 15.0. The Bertz CT molecular complexity index is 550. The van der Waals surface area contributed by atoms with Crippen molar-refractivity contribution in [3.63, 3.8) is 0 Å². The Balaban J connectivity index is 2.05. The number of nitrogens with zero attached hydrogens (tertiary/aromatic N) is 2. The van der Waals surface area contributed by atoms with Crippen molar-refractivity contribution in [3.8, 4) is 5.75 Å². The van der Waals surface area contributed by atoms with Crippen LogP contribution in [0.25, 0.3) is 0 Å². The van der Waals surface area contributed by atoms with E-state index in [-0.39, 0.29) is 17.7 Å². The first-order chi connectivity index (χ1) is 11.6. The van der Waals surface area contributed by atoms with Gasteiger partial charge < -0.3 is 14.5 Å². The molecule has 1 fully saturated rings. The molecule has 2 rings (SSSR count). The predicted octanol–water partition coefficient (Wildman–Crippen LogP) is 3.09. The molecular weight excluding hydrogens is 304 g/mol. The van der Waals surface area contributed by atoms with Crippen LogP contribution in [0.4, 0.5) is 5.69 Å². The molecule has 1 aromatic carbocycles. The van der Waals surface area contributed by atoms with Crippen molar-refractivity contribution in [1.29, 1.82) is 0 Å². The molecule has 0 N–H and O–H groups in total. The van der Waals surface area contributed by atoms with E-state index in [0.29, 0.717) is 19.6 Å². The quantitative estimate of drug-likeness (QED) is 0.735. The molecule has 0 bridgehead atoms. The highest BCUT2D eigenvalue weighted by atomic mass is 16.5. The van der Waals surface area contributed by atoms with Gasteiger partial charge in [-0.15, -0.1) is 0 Å². The van der Waals surface area contributed by atoms with Gasteiger partial charge >= 0.3 is 0 Å². The molecule has 1 atom stereocenters. The topological polar surface area (TPSA) is 49.9 Å². The Morgan fingerprint density at radius 3 is 2.33 bits per heavy atom. The minimum absolute atomic E-state index is 0.0189. The molecule has 1 heterocycles. The maximum absolute atomic E-state index is 12.7. The summed E-state index contributed by atoms with van der Waals surface area (Å²) in [4.78, 5) is 28.7. The molecule has 0 unspecified atom stereocenters. The molecule has 2 amide bonds. The fraction of sp³-hybridized carbons (Fsp3) is 0.579. The summed E-state index contributed by atoms with van der Waals surface area (Å²) in [6.07, 6.45) is 2.18. The van der Waals surface area contributed by atoms with Gasteiger partial charge in [-0.1, -0.05) is 13.8 Å². The van der Waals surface area contributed by atoms with Crippen molar-refractivity contribution in [2.45, 2.75) is 40.0 Å². The lowest BCUT2D eigenvalue weighted by molar-refractivity contribution is -0.135. The molecule has 5 heteroatoms. The van der Waals surface area contributed by atoms with Crippen molar-refractivity contribution in [2.24, 2.45) is 5.92 Å². The fourth-order valence-corrected chi connectivity index (χ4v) is 3.14. The Kier molecular flexibility index (Phi) is 6.64. The number of rotatable bonds is 8. The molecule has 5 nitrogen and oxygen atoms in total. The fourth-order valence-electron chi connectivity index (χ4n) is 3.14. The smallest absolute Gasteiger partial charge is 0.228 e. The summed E-state index contributed by atoms with van der Waals surface area (Å²) in [6.45, 7) is 8.69. The zero-order valence-electron chi connectivity index (χ0n) is 15.0. The van der Waals surface area contributed by atoms with Crippen LogP contribution in [0.3, 0.4) is 0 Å². The lowest BCUT2D eigenvalue weighted by atomic mass is 10.1.